The molecule has 4 rings (SSSR count). The summed E-state index contributed by atoms with van der Waals surface area (Å²) in [5.41, 5.74) is -2.87. The minimum Gasteiger partial charge on any atom is -0.496 e. The molecule has 0 spiro atoms. The van der Waals surface area contributed by atoms with E-state index in [0.717, 1.165) is 25.3 Å². The molecule has 39 heavy (non-hydrogen) atoms. The summed E-state index contributed by atoms with van der Waals surface area (Å²) < 4.78 is 34.1. The molecular weight excluding hydrogens is 516 g/mol. The lowest BCUT2D eigenvalue weighted by atomic mass is 9.83. The van der Waals surface area contributed by atoms with Gasteiger partial charge >= 0.3 is 5.97 Å². The van der Waals surface area contributed by atoms with Crippen LogP contribution in [0.3, 0.4) is 0 Å². The highest BCUT2D eigenvalue weighted by Crippen LogP contribution is 2.57. The van der Waals surface area contributed by atoms with Crippen molar-refractivity contribution in [1.82, 2.24) is 0 Å². The molecule has 0 aromatic heterocycles. The maximum absolute atomic E-state index is 13.6. The van der Waals surface area contributed by atoms with Crippen molar-refractivity contribution in [2.45, 2.75) is 18.0 Å². The van der Waals surface area contributed by atoms with Gasteiger partial charge in [-0.15, -0.1) is 0 Å². The molecule has 0 bridgehead atoms. The van der Waals surface area contributed by atoms with Gasteiger partial charge in [-0.3, -0.25) is 20.2 Å². The zero-order chi connectivity index (χ0) is 28.3. The molecule has 0 radical (unpaired) electrons. The summed E-state index contributed by atoms with van der Waals surface area (Å²) in [7, 11) is 5.39. The van der Waals surface area contributed by atoms with Gasteiger partial charge in [-0.2, -0.15) is 0 Å². The van der Waals surface area contributed by atoms with E-state index in [4.69, 9.17) is 28.4 Å². The number of nitrogens with zero attached hydrogens (tertiary/aromatic N) is 2. The third-order valence-corrected chi connectivity index (χ3v) is 6.31. The number of ether oxygens (including phenoxy) is 6. The fraction of sp³-hybridized carbons (Fsp3) is 0.269. The number of carbonyl (C=O) groups is 1. The molecule has 13 heteroatoms. The highest BCUT2D eigenvalue weighted by atomic mass is 16.8. The average Bonchev–Trinajstić information content (AvgIpc) is 3.37. The maximum Gasteiger partial charge on any atom is 0.346 e. The number of benzene rings is 3. The van der Waals surface area contributed by atoms with Crippen molar-refractivity contribution in [2.24, 2.45) is 0 Å². The second kappa shape index (κ2) is 10.9. The van der Waals surface area contributed by atoms with Crippen LogP contribution >= 0.6 is 0 Å². The smallest absolute Gasteiger partial charge is 0.346 e. The van der Waals surface area contributed by atoms with E-state index in [2.05, 4.69) is 0 Å². The SMILES string of the molecule is COC(=O)[C@]1(c2ccccc2)O[C@@H](c2c(OC)cc(OC)cc2OC)O[C@H]1c1ccc([N+](=O)[O-])cc1[N+](=O)[O-]. The van der Waals surface area contributed by atoms with E-state index < -0.39 is 45.2 Å². The van der Waals surface area contributed by atoms with Crippen LogP contribution in [0.2, 0.25) is 0 Å². The molecule has 3 aromatic carbocycles. The van der Waals surface area contributed by atoms with Crippen molar-refractivity contribution >= 4 is 17.3 Å². The predicted molar refractivity (Wildman–Crippen MR) is 134 cm³/mol. The molecule has 0 aliphatic carbocycles. The van der Waals surface area contributed by atoms with Gasteiger partial charge in [0.1, 0.15) is 23.4 Å². The van der Waals surface area contributed by atoms with Crippen LogP contribution in [-0.2, 0) is 24.6 Å². The molecular formula is C26H24N2O11. The Labute approximate surface area is 222 Å². The van der Waals surface area contributed by atoms with Gasteiger partial charge in [0, 0.05) is 18.2 Å². The van der Waals surface area contributed by atoms with Gasteiger partial charge in [0.05, 0.1) is 55.5 Å². The van der Waals surface area contributed by atoms with E-state index in [9.17, 15) is 25.0 Å². The molecule has 3 aromatic rings. The van der Waals surface area contributed by atoms with Gasteiger partial charge in [0.15, 0.2) is 6.29 Å². The minimum atomic E-state index is -2.07. The standard InChI is InChI=1S/C26H24N2O11/c1-34-17-13-20(35-2)22(21(14-17)36-3)24-38-23(18-11-10-16(27(30)31)12-19(18)28(32)33)26(39-24,25(29)37-4)15-8-6-5-7-9-15/h5-14,23-24H,1-4H3/t23-,24-,26+/m0/s1. The number of non-ortho nitro benzene ring substituents is 1. The Hall–Kier alpha value is -4.75. The number of rotatable bonds is 9. The van der Waals surface area contributed by atoms with Crippen molar-refractivity contribution < 1.29 is 43.1 Å². The summed E-state index contributed by atoms with van der Waals surface area (Å²) in [6.07, 6.45) is -2.87. The molecule has 3 atom stereocenters. The third kappa shape index (κ3) is 4.69. The molecule has 0 amide bonds. The van der Waals surface area contributed by atoms with Crippen LogP contribution in [0.4, 0.5) is 11.4 Å². The van der Waals surface area contributed by atoms with Crippen LogP contribution in [0.1, 0.15) is 29.1 Å². The summed E-state index contributed by atoms with van der Waals surface area (Å²) in [4.78, 5) is 35.5. The number of methoxy groups -OCH3 is 4. The second-order valence-electron chi connectivity index (χ2n) is 8.26. The molecule has 1 heterocycles. The Morgan fingerprint density at radius 2 is 1.51 bits per heavy atom. The molecule has 204 valence electrons. The molecule has 1 saturated heterocycles. The third-order valence-electron chi connectivity index (χ3n) is 6.31. The highest BCUT2D eigenvalue weighted by molar-refractivity contribution is 5.83. The summed E-state index contributed by atoms with van der Waals surface area (Å²) in [5.74, 6) is -0.0701. The minimum absolute atomic E-state index is 0.145. The van der Waals surface area contributed by atoms with Gasteiger partial charge in [-0.05, 0) is 11.6 Å². The zero-order valence-corrected chi connectivity index (χ0v) is 21.3. The van der Waals surface area contributed by atoms with Gasteiger partial charge in [-0.1, -0.05) is 30.3 Å². The topological polar surface area (TPSA) is 159 Å². The van der Waals surface area contributed by atoms with Crippen molar-refractivity contribution in [3.63, 3.8) is 0 Å². The van der Waals surface area contributed by atoms with Crippen LogP contribution in [0, 0.1) is 20.2 Å². The number of esters is 1. The first-order chi connectivity index (χ1) is 18.7. The van der Waals surface area contributed by atoms with Crippen molar-refractivity contribution in [3.8, 4) is 17.2 Å². The van der Waals surface area contributed by atoms with Crippen LogP contribution in [0.15, 0.2) is 60.7 Å². The molecule has 0 N–H and O–H groups in total. The Kier molecular flexibility index (Phi) is 7.65. The summed E-state index contributed by atoms with van der Waals surface area (Å²) in [6, 6.07) is 14.3. The lowest BCUT2D eigenvalue weighted by Crippen LogP contribution is -2.41. The normalized spacial score (nSPS) is 20.2. The number of carbonyl (C=O) groups excluding carboxylic acids is 1. The first-order valence-electron chi connectivity index (χ1n) is 11.4. The fourth-order valence-corrected chi connectivity index (χ4v) is 4.52. The van der Waals surface area contributed by atoms with Crippen molar-refractivity contribution in [1.29, 1.82) is 0 Å². The van der Waals surface area contributed by atoms with Crippen LogP contribution in [0.25, 0.3) is 0 Å². The van der Waals surface area contributed by atoms with Gasteiger partial charge in [-0.25, -0.2) is 4.79 Å². The highest BCUT2D eigenvalue weighted by Gasteiger charge is 2.61. The fourth-order valence-electron chi connectivity index (χ4n) is 4.52. The first kappa shape index (κ1) is 27.3. The number of nitro groups is 2. The summed E-state index contributed by atoms with van der Waals surface area (Å²) >= 11 is 0. The lowest BCUT2D eigenvalue weighted by molar-refractivity contribution is -0.395. The van der Waals surface area contributed by atoms with Crippen molar-refractivity contribution in [3.05, 3.63) is 97.6 Å². The summed E-state index contributed by atoms with van der Waals surface area (Å²) in [6.45, 7) is 0. The van der Waals surface area contributed by atoms with E-state index in [1.165, 1.54) is 21.3 Å². The predicted octanol–water partition coefficient (Wildman–Crippen LogP) is 4.38. The molecule has 1 fully saturated rings. The second-order valence-corrected chi connectivity index (χ2v) is 8.26. The molecule has 13 nitrogen and oxygen atoms in total. The number of nitro benzene ring substituents is 2. The van der Waals surface area contributed by atoms with E-state index >= 15 is 0 Å². The Bertz CT molecular complexity index is 1390. The molecule has 1 aliphatic heterocycles. The Morgan fingerprint density at radius 3 is 2.03 bits per heavy atom. The van der Waals surface area contributed by atoms with Crippen LogP contribution < -0.4 is 14.2 Å². The van der Waals surface area contributed by atoms with Crippen molar-refractivity contribution in [2.75, 3.05) is 28.4 Å². The molecule has 0 unspecified atom stereocenters. The van der Waals surface area contributed by atoms with E-state index in [1.807, 2.05) is 0 Å². The maximum atomic E-state index is 13.6. The number of hydrogen-bond acceptors (Lipinski definition) is 11. The lowest BCUT2D eigenvalue weighted by Gasteiger charge is -2.30. The molecule has 1 aliphatic rings. The van der Waals surface area contributed by atoms with E-state index in [-0.39, 0.29) is 28.2 Å². The molecule has 0 saturated carbocycles. The van der Waals surface area contributed by atoms with Crippen LogP contribution in [-0.4, -0.2) is 44.3 Å². The Balaban J connectivity index is 2.01. The Morgan fingerprint density at radius 1 is 0.872 bits per heavy atom. The van der Waals surface area contributed by atoms with E-state index in [0.29, 0.717) is 5.75 Å². The average molecular weight is 540 g/mol. The van der Waals surface area contributed by atoms with Crippen LogP contribution in [0.5, 0.6) is 17.2 Å². The number of hydrogen-bond donors (Lipinski definition) is 0. The quantitative estimate of drug-likeness (QED) is 0.215. The summed E-state index contributed by atoms with van der Waals surface area (Å²) in [5, 5.41) is 23.4. The first-order valence-corrected chi connectivity index (χ1v) is 11.4. The zero-order valence-electron chi connectivity index (χ0n) is 21.3. The largest absolute Gasteiger partial charge is 0.496 e. The van der Waals surface area contributed by atoms with Gasteiger partial charge in [0.25, 0.3) is 11.4 Å². The monoisotopic (exact) mass is 540 g/mol. The van der Waals surface area contributed by atoms with Gasteiger partial charge < -0.3 is 28.4 Å². The van der Waals surface area contributed by atoms with E-state index in [1.54, 1.807) is 42.5 Å². The van der Waals surface area contributed by atoms with Gasteiger partial charge in [0.2, 0.25) is 5.60 Å².